The summed E-state index contributed by atoms with van der Waals surface area (Å²) >= 11 is 5.85. The lowest BCUT2D eigenvalue weighted by atomic mass is 10.1. The molecule has 0 aromatic heterocycles. The van der Waals surface area contributed by atoms with E-state index in [1.807, 2.05) is 38.1 Å². The standard InChI is InChI=1S/C23H30ClN3O4S/c1-5-14-25-23(29)18(3)27(15-19-9-7-6-8-17(19)2)22(28)16-26(4)32(30,31)21-12-10-20(24)11-13-21/h6-13,18H,5,14-16H2,1-4H3,(H,25,29)/t18-/m0/s1. The van der Waals surface area contributed by atoms with Crippen LogP contribution >= 0.6 is 11.6 Å². The summed E-state index contributed by atoms with van der Waals surface area (Å²) in [5.74, 6) is -0.746. The molecule has 2 aromatic rings. The molecule has 9 heteroatoms. The van der Waals surface area contributed by atoms with Crippen molar-refractivity contribution in [2.45, 2.75) is 44.7 Å². The van der Waals surface area contributed by atoms with Gasteiger partial charge in [0.15, 0.2) is 0 Å². The van der Waals surface area contributed by atoms with Crippen molar-refractivity contribution in [1.29, 1.82) is 0 Å². The minimum Gasteiger partial charge on any atom is -0.354 e. The first-order valence-electron chi connectivity index (χ1n) is 10.4. The Morgan fingerprint density at radius 2 is 1.72 bits per heavy atom. The number of hydrogen-bond acceptors (Lipinski definition) is 4. The fraction of sp³-hybridized carbons (Fsp3) is 0.391. The Kier molecular flexibility index (Phi) is 9.24. The smallest absolute Gasteiger partial charge is 0.243 e. The molecule has 0 heterocycles. The van der Waals surface area contributed by atoms with Gasteiger partial charge in [-0.3, -0.25) is 9.59 Å². The molecule has 0 aliphatic heterocycles. The Morgan fingerprint density at radius 3 is 2.31 bits per heavy atom. The highest BCUT2D eigenvalue weighted by atomic mass is 35.5. The van der Waals surface area contributed by atoms with Crippen LogP contribution in [0.5, 0.6) is 0 Å². The molecule has 1 atom stereocenters. The van der Waals surface area contributed by atoms with Gasteiger partial charge in [-0.1, -0.05) is 42.8 Å². The topological polar surface area (TPSA) is 86.8 Å². The molecule has 0 bridgehead atoms. The van der Waals surface area contributed by atoms with E-state index in [2.05, 4.69) is 5.32 Å². The molecule has 32 heavy (non-hydrogen) atoms. The molecule has 2 aromatic carbocycles. The predicted molar refractivity (Wildman–Crippen MR) is 126 cm³/mol. The van der Waals surface area contributed by atoms with E-state index in [0.29, 0.717) is 11.6 Å². The number of sulfonamides is 1. The quantitative estimate of drug-likeness (QED) is 0.566. The van der Waals surface area contributed by atoms with Crippen molar-refractivity contribution in [3.05, 3.63) is 64.7 Å². The highest BCUT2D eigenvalue weighted by Crippen LogP contribution is 2.19. The fourth-order valence-corrected chi connectivity index (χ4v) is 4.35. The molecule has 174 valence electrons. The van der Waals surface area contributed by atoms with Crippen LogP contribution in [0.4, 0.5) is 0 Å². The van der Waals surface area contributed by atoms with E-state index < -0.39 is 28.5 Å². The number of nitrogens with one attached hydrogen (secondary N) is 1. The third-order valence-corrected chi connectivity index (χ3v) is 7.27. The minimum atomic E-state index is -3.90. The minimum absolute atomic E-state index is 0.0383. The van der Waals surface area contributed by atoms with Gasteiger partial charge in [0, 0.05) is 25.2 Å². The summed E-state index contributed by atoms with van der Waals surface area (Å²) in [6.07, 6.45) is 0.770. The number of nitrogens with zero attached hydrogens (tertiary/aromatic N) is 2. The van der Waals surface area contributed by atoms with E-state index >= 15 is 0 Å². The molecule has 1 N–H and O–H groups in total. The normalized spacial score (nSPS) is 12.4. The third kappa shape index (κ3) is 6.54. The Hall–Kier alpha value is -2.42. The van der Waals surface area contributed by atoms with Crippen LogP contribution in [0.15, 0.2) is 53.4 Å². The summed E-state index contributed by atoms with van der Waals surface area (Å²) in [6.45, 7) is 5.81. The lowest BCUT2D eigenvalue weighted by Gasteiger charge is -2.30. The van der Waals surface area contributed by atoms with Gasteiger partial charge in [-0.05, 0) is 55.7 Å². The maximum atomic E-state index is 13.2. The lowest BCUT2D eigenvalue weighted by molar-refractivity contribution is -0.140. The van der Waals surface area contributed by atoms with Gasteiger partial charge in [0.05, 0.1) is 11.4 Å². The summed E-state index contributed by atoms with van der Waals surface area (Å²) < 4.78 is 26.8. The molecule has 0 unspecified atom stereocenters. The SMILES string of the molecule is CCCNC(=O)[C@H](C)N(Cc1ccccc1C)C(=O)CN(C)S(=O)(=O)c1ccc(Cl)cc1. The second kappa shape index (κ2) is 11.4. The maximum Gasteiger partial charge on any atom is 0.243 e. The zero-order chi connectivity index (χ0) is 23.9. The van der Waals surface area contributed by atoms with Crippen LogP contribution in [0.3, 0.4) is 0 Å². The van der Waals surface area contributed by atoms with E-state index in [4.69, 9.17) is 11.6 Å². The van der Waals surface area contributed by atoms with Crippen molar-refractivity contribution in [1.82, 2.24) is 14.5 Å². The first kappa shape index (κ1) is 25.8. The van der Waals surface area contributed by atoms with E-state index in [1.165, 1.54) is 36.2 Å². The van der Waals surface area contributed by atoms with Gasteiger partial charge in [-0.2, -0.15) is 4.31 Å². The number of amides is 2. The first-order valence-corrected chi connectivity index (χ1v) is 12.2. The average Bonchev–Trinajstić information content (AvgIpc) is 2.76. The summed E-state index contributed by atoms with van der Waals surface area (Å²) in [4.78, 5) is 27.3. The number of carbonyl (C=O) groups is 2. The molecule has 2 rings (SSSR count). The molecule has 0 fully saturated rings. The molecule has 0 spiro atoms. The van der Waals surface area contributed by atoms with E-state index in [-0.39, 0.29) is 17.3 Å². The summed E-state index contributed by atoms with van der Waals surface area (Å²) in [5.41, 5.74) is 1.87. The molecule has 0 aliphatic rings. The number of rotatable bonds is 10. The first-order chi connectivity index (χ1) is 15.1. The van der Waals surface area contributed by atoms with Gasteiger partial charge >= 0.3 is 0 Å². The zero-order valence-corrected chi connectivity index (χ0v) is 20.4. The van der Waals surface area contributed by atoms with Gasteiger partial charge in [0.2, 0.25) is 21.8 Å². The largest absolute Gasteiger partial charge is 0.354 e. The van der Waals surface area contributed by atoms with Crippen LogP contribution in [-0.2, 0) is 26.2 Å². The van der Waals surface area contributed by atoms with Crippen LogP contribution in [0.2, 0.25) is 5.02 Å². The fourth-order valence-electron chi connectivity index (χ4n) is 3.10. The van der Waals surface area contributed by atoms with Crippen molar-refractivity contribution in [2.75, 3.05) is 20.1 Å². The number of hydrogen-bond donors (Lipinski definition) is 1. The van der Waals surface area contributed by atoms with Crippen molar-refractivity contribution in [3.63, 3.8) is 0 Å². The molecule has 0 saturated heterocycles. The summed E-state index contributed by atoms with van der Waals surface area (Å²) in [5, 5.41) is 3.22. The average molecular weight is 480 g/mol. The number of benzene rings is 2. The monoisotopic (exact) mass is 479 g/mol. The zero-order valence-electron chi connectivity index (χ0n) is 18.8. The number of halogens is 1. The molecule has 2 amide bonds. The molecule has 0 radical (unpaired) electrons. The van der Waals surface area contributed by atoms with Gasteiger partial charge in [0.1, 0.15) is 6.04 Å². The Balaban J connectivity index is 2.27. The van der Waals surface area contributed by atoms with Gasteiger partial charge in [-0.25, -0.2) is 8.42 Å². The van der Waals surface area contributed by atoms with Crippen LogP contribution in [0.25, 0.3) is 0 Å². The van der Waals surface area contributed by atoms with Crippen LogP contribution < -0.4 is 5.32 Å². The van der Waals surface area contributed by atoms with Crippen molar-refractivity contribution >= 4 is 33.4 Å². The van der Waals surface area contributed by atoms with Gasteiger partial charge < -0.3 is 10.2 Å². The molecular weight excluding hydrogens is 450 g/mol. The van der Waals surface area contributed by atoms with Crippen LogP contribution in [-0.4, -0.2) is 55.6 Å². The second-order valence-corrected chi connectivity index (χ2v) is 10.1. The molecular formula is C23H30ClN3O4S. The number of aryl methyl sites for hydroxylation is 1. The maximum absolute atomic E-state index is 13.2. The highest BCUT2D eigenvalue weighted by Gasteiger charge is 2.30. The van der Waals surface area contributed by atoms with Gasteiger partial charge in [0.25, 0.3) is 0 Å². The van der Waals surface area contributed by atoms with E-state index in [1.54, 1.807) is 6.92 Å². The van der Waals surface area contributed by atoms with Crippen molar-refractivity contribution < 1.29 is 18.0 Å². The summed E-state index contributed by atoms with van der Waals surface area (Å²) in [6, 6.07) is 12.6. The van der Waals surface area contributed by atoms with E-state index in [9.17, 15) is 18.0 Å². The van der Waals surface area contributed by atoms with Gasteiger partial charge in [-0.15, -0.1) is 0 Å². The predicted octanol–water partition coefficient (Wildman–Crippen LogP) is 3.21. The third-order valence-electron chi connectivity index (χ3n) is 5.20. The van der Waals surface area contributed by atoms with Crippen molar-refractivity contribution in [2.24, 2.45) is 0 Å². The number of likely N-dealkylation sites (N-methyl/N-ethyl adjacent to an activating group) is 1. The van der Waals surface area contributed by atoms with Crippen LogP contribution in [0.1, 0.15) is 31.4 Å². The Labute approximate surface area is 195 Å². The second-order valence-electron chi connectivity index (χ2n) is 7.63. The lowest BCUT2D eigenvalue weighted by Crippen LogP contribution is -2.50. The van der Waals surface area contributed by atoms with E-state index in [0.717, 1.165) is 21.9 Å². The van der Waals surface area contributed by atoms with Crippen molar-refractivity contribution in [3.8, 4) is 0 Å². The number of carbonyl (C=O) groups excluding carboxylic acids is 2. The van der Waals surface area contributed by atoms with Crippen LogP contribution in [0, 0.1) is 6.92 Å². The Morgan fingerprint density at radius 1 is 1.09 bits per heavy atom. The molecule has 7 nitrogen and oxygen atoms in total. The Bertz CT molecular complexity index is 1040. The molecule has 0 saturated carbocycles. The molecule has 0 aliphatic carbocycles. The highest BCUT2D eigenvalue weighted by molar-refractivity contribution is 7.89. The summed E-state index contributed by atoms with van der Waals surface area (Å²) in [7, 11) is -2.56.